The quantitative estimate of drug-likeness (QED) is 0.693. The molecule has 2 aromatic rings. The van der Waals surface area contributed by atoms with Crippen molar-refractivity contribution in [2.24, 2.45) is 0 Å². The molecule has 110 valence electrons. The summed E-state index contributed by atoms with van der Waals surface area (Å²) < 4.78 is 0. The molecule has 0 bridgehead atoms. The summed E-state index contributed by atoms with van der Waals surface area (Å²) in [6.07, 6.45) is 4.48. The van der Waals surface area contributed by atoms with Crippen molar-refractivity contribution in [3.8, 4) is 11.3 Å². The Balaban J connectivity index is 2.02. The Hall–Kier alpha value is -2.37. The molecule has 0 unspecified atom stereocenters. The molecule has 2 heterocycles. The molecule has 6 nitrogen and oxygen atoms in total. The Morgan fingerprint density at radius 2 is 1.76 bits per heavy atom. The molecule has 1 fully saturated rings. The van der Waals surface area contributed by atoms with Crippen LogP contribution < -0.4 is 4.90 Å². The number of aromatic nitrogens is 2. The lowest BCUT2D eigenvalue weighted by atomic mass is 10.1. The lowest BCUT2D eigenvalue weighted by molar-refractivity contribution is -0.383. The highest BCUT2D eigenvalue weighted by atomic mass is 16.6. The first-order valence-corrected chi connectivity index (χ1v) is 7.30. The molecule has 1 saturated heterocycles. The fourth-order valence-electron chi connectivity index (χ4n) is 2.81. The van der Waals surface area contributed by atoms with Crippen molar-refractivity contribution >= 4 is 11.5 Å². The number of benzene rings is 1. The Bertz CT molecular complexity index is 616. The lowest BCUT2D eigenvalue weighted by Gasteiger charge is -2.18. The smallest absolute Gasteiger partial charge is 0.338 e. The molecule has 1 aliphatic heterocycles. The molecule has 6 heteroatoms. The molecule has 1 aliphatic rings. The molecule has 1 aromatic heterocycles. The van der Waals surface area contributed by atoms with Crippen LogP contribution in [0.25, 0.3) is 11.3 Å². The minimum absolute atomic E-state index is 0.0862. The summed E-state index contributed by atoms with van der Waals surface area (Å²) in [6.45, 7) is 1.67. The standard InChI is InChI=1S/C15H18N4O2/c20-19(21)14-13(12-8-4-3-5-9-12)16-17-15(14)18-10-6-1-2-7-11-18/h3-5,8-9H,1-2,6-7,10-11H2,(H,16,17). The largest absolute Gasteiger partial charge is 0.349 e. The van der Waals surface area contributed by atoms with Gasteiger partial charge in [-0.2, -0.15) is 0 Å². The number of hydrogen-bond donors (Lipinski definition) is 1. The third kappa shape index (κ3) is 2.74. The Kier molecular flexibility index (Phi) is 3.85. The van der Waals surface area contributed by atoms with Crippen LogP contribution in [-0.2, 0) is 0 Å². The molecule has 1 N–H and O–H groups in total. The van der Waals surface area contributed by atoms with E-state index < -0.39 is 0 Å². The van der Waals surface area contributed by atoms with E-state index >= 15 is 0 Å². The summed E-state index contributed by atoms with van der Waals surface area (Å²) in [7, 11) is 0. The average Bonchev–Trinajstić information content (AvgIpc) is 2.77. The first-order valence-electron chi connectivity index (χ1n) is 7.30. The van der Waals surface area contributed by atoms with Gasteiger partial charge in [-0.3, -0.25) is 15.2 Å². The van der Waals surface area contributed by atoms with Gasteiger partial charge in [0.25, 0.3) is 0 Å². The van der Waals surface area contributed by atoms with Gasteiger partial charge in [-0.25, -0.2) is 0 Å². The van der Waals surface area contributed by atoms with E-state index in [9.17, 15) is 10.1 Å². The van der Waals surface area contributed by atoms with E-state index in [2.05, 4.69) is 10.2 Å². The maximum atomic E-state index is 11.5. The predicted molar refractivity (Wildman–Crippen MR) is 81.4 cm³/mol. The number of aromatic amines is 1. The first kappa shape index (κ1) is 13.6. The fraction of sp³-hybridized carbons (Fsp3) is 0.400. The van der Waals surface area contributed by atoms with Gasteiger partial charge < -0.3 is 4.90 Å². The molecule has 21 heavy (non-hydrogen) atoms. The van der Waals surface area contributed by atoms with Crippen molar-refractivity contribution in [2.45, 2.75) is 25.7 Å². The van der Waals surface area contributed by atoms with Gasteiger partial charge in [-0.15, -0.1) is 5.10 Å². The highest BCUT2D eigenvalue weighted by Gasteiger charge is 2.29. The minimum atomic E-state index is -0.327. The second-order valence-electron chi connectivity index (χ2n) is 5.30. The molecule has 0 amide bonds. The van der Waals surface area contributed by atoms with E-state index in [4.69, 9.17) is 0 Å². The third-order valence-electron chi connectivity index (χ3n) is 3.87. The van der Waals surface area contributed by atoms with Crippen LogP contribution in [0.5, 0.6) is 0 Å². The Morgan fingerprint density at radius 3 is 2.38 bits per heavy atom. The van der Waals surface area contributed by atoms with Crippen LogP contribution in [0.15, 0.2) is 30.3 Å². The van der Waals surface area contributed by atoms with Crippen molar-refractivity contribution in [1.82, 2.24) is 10.2 Å². The molecule has 0 aliphatic carbocycles. The Labute approximate surface area is 122 Å². The zero-order valence-corrected chi connectivity index (χ0v) is 11.8. The van der Waals surface area contributed by atoms with Gasteiger partial charge in [-0.05, 0) is 12.8 Å². The molecular weight excluding hydrogens is 268 g/mol. The van der Waals surface area contributed by atoms with Crippen molar-refractivity contribution in [1.29, 1.82) is 0 Å². The molecule has 0 spiro atoms. The molecule has 3 rings (SSSR count). The van der Waals surface area contributed by atoms with Crippen LogP contribution in [0, 0.1) is 10.1 Å². The van der Waals surface area contributed by atoms with Crippen molar-refractivity contribution in [3.63, 3.8) is 0 Å². The van der Waals surface area contributed by atoms with Crippen LogP contribution in [0.2, 0.25) is 0 Å². The summed E-state index contributed by atoms with van der Waals surface area (Å²) >= 11 is 0. The number of H-pyrrole nitrogens is 1. The molecule has 0 atom stereocenters. The van der Waals surface area contributed by atoms with E-state index in [0.717, 1.165) is 31.5 Å². The average molecular weight is 286 g/mol. The SMILES string of the molecule is O=[N+]([O-])c1c(N2CCCCCC2)n[nH]c1-c1ccccc1. The number of hydrogen-bond acceptors (Lipinski definition) is 4. The van der Waals surface area contributed by atoms with E-state index in [-0.39, 0.29) is 10.6 Å². The van der Waals surface area contributed by atoms with Gasteiger partial charge in [0.15, 0.2) is 0 Å². The van der Waals surface area contributed by atoms with Crippen molar-refractivity contribution in [3.05, 3.63) is 40.4 Å². The second-order valence-corrected chi connectivity index (χ2v) is 5.30. The van der Waals surface area contributed by atoms with Crippen molar-refractivity contribution < 1.29 is 4.92 Å². The monoisotopic (exact) mass is 286 g/mol. The lowest BCUT2D eigenvalue weighted by Crippen LogP contribution is -2.25. The minimum Gasteiger partial charge on any atom is -0.349 e. The van der Waals surface area contributed by atoms with Gasteiger partial charge in [0.2, 0.25) is 5.82 Å². The summed E-state index contributed by atoms with van der Waals surface area (Å²) in [5, 5.41) is 18.6. The normalized spacial score (nSPS) is 15.7. The summed E-state index contributed by atoms with van der Waals surface area (Å²) in [5.41, 5.74) is 1.36. The van der Waals surface area contributed by atoms with Crippen LogP contribution in [0.4, 0.5) is 11.5 Å². The summed E-state index contributed by atoms with van der Waals surface area (Å²) in [6, 6.07) is 9.33. The number of anilines is 1. The van der Waals surface area contributed by atoms with Crippen LogP contribution in [0.1, 0.15) is 25.7 Å². The molecule has 0 radical (unpaired) electrons. The van der Waals surface area contributed by atoms with Gasteiger partial charge in [0, 0.05) is 18.7 Å². The number of nitrogens with one attached hydrogen (secondary N) is 1. The van der Waals surface area contributed by atoms with Gasteiger partial charge in [-0.1, -0.05) is 43.2 Å². The fourth-order valence-corrected chi connectivity index (χ4v) is 2.81. The Morgan fingerprint density at radius 1 is 1.10 bits per heavy atom. The molecular formula is C15H18N4O2. The van der Waals surface area contributed by atoms with E-state index in [0.29, 0.717) is 11.5 Å². The topological polar surface area (TPSA) is 75.1 Å². The number of rotatable bonds is 3. The first-order chi connectivity index (χ1) is 10.3. The van der Waals surface area contributed by atoms with Gasteiger partial charge in [0.1, 0.15) is 5.69 Å². The summed E-state index contributed by atoms with van der Waals surface area (Å²) in [4.78, 5) is 13.2. The zero-order chi connectivity index (χ0) is 14.7. The van der Waals surface area contributed by atoms with E-state index in [1.807, 2.05) is 35.2 Å². The summed E-state index contributed by atoms with van der Waals surface area (Å²) in [5.74, 6) is 0.473. The number of nitrogens with zero attached hydrogens (tertiary/aromatic N) is 3. The third-order valence-corrected chi connectivity index (χ3v) is 3.87. The van der Waals surface area contributed by atoms with Crippen molar-refractivity contribution in [2.75, 3.05) is 18.0 Å². The maximum Gasteiger partial charge on any atom is 0.338 e. The van der Waals surface area contributed by atoms with Gasteiger partial charge >= 0.3 is 5.69 Å². The molecule has 1 aromatic carbocycles. The second kappa shape index (κ2) is 5.95. The van der Waals surface area contributed by atoms with Crippen LogP contribution in [0.3, 0.4) is 0 Å². The van der Waals surface area contributed by atoms with Crippen LogP contribution >= 0.6 is 0 Å². The van der Waals surface area contributed by atoms with E-state index in [1.54, 1.807) is 0 Å². The maximum absolute atomic E-state index is 11.5. The predicted octanol–water partition coefficient (Wildman–Crippen LogP) is 3.37. The van der Waals surface area contributed by atoms with Crippen LogP contribution in [-0.4, -0.2) is 28.2 Å². The highest BCUT2D eigenvalue weighted by molar-refractivity contribution is 5.77. The van der Waals surface area contributed by atoms with E-state index in [1.165, 1.54) is 12.8 Å². The molecule has 0 saturated carbocycles. The zero-order valence-electron chi connectivity index (χ0n) is 11.8. The highest BCUT2D eigenvalue weighted by Crippen LogP contribution is 2.36. The number of nitro groups is 1. The van der Waals surface area contributed by atoms with Gasteiger partial charge in [0.05, 0.1) is 4.92 Å².